The molecular weight excluding hydrogens is 446 g/mol. The fraction of sp³-hybridized carbons (Fsp3) is 0.391. The predicted octanol–water partition coefficient (Wildman–Crippen LogP) is 2.96. The topological polar surface area (TPSA) is 78.0 Å². The Hall–Kier alpha value is -2.36. The molecule has 9 heteroatoms. The average Bonchev–Trinajstić information content (AvgIpc) is 2.81. The lowest BCUT2D eigenvalue weighted by Gasteiger charge is -2.31. The highest BCUT2D eigenvalue weighted by atomic mass is 32.2. The number of fused-ring (bicyclic) bond motifs is 1. The second-order valence-electron chi connectivity index (χ2n) is 8.10. The van der Waals surface area contributed by atoms with Crippen LogP contribution in [0.4, 0.5) is 5.69 Å². The van der Waals surface area contributed by atoms with E-state index in [4.69, 9.17) is 0 Å². The maximum absolute atomic E-state index is 13.1. The number of sulfonamides is 1. The van der Waals surface area contributed by atoms with E-state index in [1.807, 2.05) is 30.3 Å². The van der Waals surface area contributed by atoms with Gasteiger partial charge in [-0.3, -0.25) is 9.59 Å². The minimum atomic E-state index is -3.63. The van der Waals surface area contributed by atoms with Crippen molar-refractivity contribution in [2.24, 2.45) is 0 Å². The van der Waals surface area contributed by atoms with Gasteiger partial charge < -0.3 is 9.80 Å². The van der Waals surface area contributed by atoms with Gasteiger partial charge in [-0.25, -0.2) is 8.42 Å². The van der Waals surface area contributed by atoms with Gasteiger partial charge in [0, 0.05) is 31.6 Å². The molecule has 0 atom stereocenters. The third-order valence-corrected chi connectivity index (χ3v) is 8.75. The van der Waals surface area contributed by atoms with Crippen LogP contribution in [0.15, 0.2) is 58.3 Å². The summed E-state index contributed by atoms with van der Waals surface area (Å²) in [7, 11) is -1.93. The first-order chi connectivity index (χ1) is 15.4. The Morgan fingerprint density at radius 3 is 2.50 bits per heavy atom. The van der Waals surface area contributed by atoms with Crippen molar-refractivity contribution in [2.45, 2.75) is 35.6 Å². The van der Waals surface area contributed by atoms with E-state index < -0.39 is 10.0 Å². The molecule has 2 aromatic carbocycles. The van der Waals surface area contributed by atoms with Gasteiger partial charge in [0.2, 0.25) is 21.8 Å². The van der Waals surface area contributed by atoms with E-state index in [-0.39, 0.29) is 29.0 Å². The molecule has 32 heavy (non-hydrogen) atoms. The number of benzene rings is 2. The molecule has 0 radical (unpaired) electrons. The van der Waals surface area contributed by atoms with Crippen LogP contribution in [0.5, 0.6) is 0 Å². The van der Waals surface area contributed by atoms with Crippen molar-refractivity contribution in [2.75, 3.05) is 37.3 Å². The second kappa shape index (κ2) is 9.64. The van der Waals surface area contributed by atoms with Gasteiger partial charge in [0.1, 0.15) is 6.54 Å². The number of nitrogens with zero attached hydrogens (tertiary/aromatic N) is 3. The number of carbonyl (C=O) groups is 2. The number of anilines is 1. The fourth-order valence-electron chi connectivity index (χ4n) is 3.97. The number of hydrogen-bond acceptors (Lipinski definition) is 5. The van der Waals surface area contributed by atoms with E-state index in [0.29, 0.717) is 25.3 Å². The number of hydrogen-bond donors (Lipinski definition) is 0. The minimum Gasteiger partial charge on any atom is -0.340 e. The summed E-state index contributed by atoms with van der Waals surface area (Å²) in [6, 6.07) is 14.5. The van der Waals surface area contributed by atoms with E-state index in [1.165, 1.54) is 21.0 Å². The van der Waals surface area contributed by atoms with Crippen LogP contribution in [0.1, 0.15) is 24.8 Å². The molecule has 0 aromatic heterocycles. The molecule has 1 fully saturated rings. The van der Waals surface area contributed by atoms with Crippen molar-refractivity contribution in [3.05, 3.63) is 54.1 Å². The van der Waals surface area contributed by atoms with Crippen molar-refractivity contribution in [1.82, 2.24) is 9.21 Å². The zero-order valence-corrected chi connectivity index (χ0v) is 19.7. The van der Waals surface area contributed by atoms with Crippen molar-refractivity contribution in [3.63, 3.8) is 0 Å². The maximum Gasteiger partial charge on any atom is 0.243 e. The molecule has 2 aromatic rings. The fourth-order valence-corrected chi connectivity index (χ4v) is 6.43. The van der Waals surface area contributed by atoms with Gasteiger partial charge in [-0.2, -0.15) is 4.31 Å². The zero-order chi connectivity index (χ0) is 22.7. The van der Waals surface area contributed by atoms with Gasteiger partial charge in [-0.05, 0) is 36.6 Å². The second-order valence-corrected chi connectivity index (χ2v) is 11.1. The Balaban J connectivity index is 1.56. The summed E-state index contributed by atoms with van der Waals surface area (Å²) < 4.78 is 27.8. The van der Waals surface area contributed by atoms with E-state index in [1.54, 1.807) is 30.1 Å². The molecule has 0 spiro atoms. The first-order valence-corrected chi connectivity index (χ1v) is 13.1. The average molecular weight is 474 g/mol. The van der Waals surface area contributed by atoms with Crippen molar-refractivity contribution in [3.8, 4) is 0 Å². The minimum absolute atomic E-state index is 0.122. The number of likely N-dealkylation sites (N-methyl/N-ethyl adjacent to an activating group) is 1. The SMILES string of the molecule is CN(Cc1ccccc1)C(=O)CN1C(=O)CSc2ccc(S(=O)(=O)N3CCCCC3)cc21. The first-order valence-electron chi connectivity index (χ1n) is 10.7. The Kier molecular flexibility index (Phi) is 6.88. The third-order valence-electron chi connectivity index (χ3n) is 5.81. The highest BCUT2D eigenvalue weighted by Gasteiger charge is 2.31. The quantitative estimate of drug-likeness (QED) is 0.645. The molecule has 0 aliphatic carbocycles. The molecule has 0 saturated carbocycles. The maximum atomic E-state index is 13.1. The zero-order valence-electron chi connectivity index (χ0n) is 18.1. The lowest BCUT2D eigenvalue weighted by Crippen LogP contribution is -2.44. The predicted molar refractivity (Wildman–Crippen MR) is 125 cm³/mol. The molecular formula is C23H27N3O4S2. The van der Waals surface area contributed by atoms with Crippen LogP contribution in [0, 0.1) is 0 Å². The van der Waals surface area contributed by atoms with E-state index in [0.717, 1.165) is 29.7 Å². The molecule has 0 unspecified atom stereocenters. The van der Waals surface area contributed by atoms with Crippen LogP contribution in [0.25, 0.3) is 0 Å². The van der Waals surface area contributed by atoms with Crippen molar-refractivity contribution in [1.29, 1.82) is 0 Å². The van der Waals surface area contributed by atoms with Gasteiger partial charge in [-0.15, -0.1) is 11.8 Å². The molecule has 2 amide bonds. The first kappa shape index (κ1) is 22.8. The molecule has 170 valence electrons. The van der Waals surface area contributed by atoms with Crippen LogP contribution in [0.2, 0.25) is 0 Å². The van der Waals surface area contributed by atoms with Gasteiger partial charge in [-0.1, -0.05) is 36.8 Å². The number of thioether (sulfide) groups is 1. The van der Waals surface area contributed by atoms with Gasteiger partial charge >= 0.3 is 0 Å². The largest absolute Gasteiger partial charge is 0.340 e. The van der Waals surface area contributed by atoms with Crippen LogP contribution < -0.4 is 4.90 Å². The summed E-state index contributed by atoms with van der Waals surface area (Å²) in [4.78, 5) is 29.6. The molecule has 2 aliphatic rings. The number of amides is 2. The monoisotopic (exact) mass is 473 g/mol. The summed E-state index contributed by atoms with van der Waals surface area (Å²) in [6.07, 6.45) is 2.74. The summed E-state index contributed by atoms with van der Waals surface area (Å²) in [5.41, 5.74) is 1.49. The molecule has 4 rings (SSSR count). The molecule has 1 saturated heterocycles. The van der Waals surface area contributed by atoms with Gasteiger partial charge in [0.25, 0.3) is 0 Å². The molecule has 2 aliphatic heterocycles. The van der Waals surface area contributed by atoms with Gasteiger partial charge in [0.15, 0.2) is 0 Å². The van der Waals surface area contributed by atoms with E-state index >= 15 is 0 Å². The van der Waals surface area contributed by atoms with Crippen LogP contribution >= 0.6 is 11.8 Å². The summed E-state index contributed by atoms with van der Waals surface area (Å²) >= 11 is 1.37. The number of rotatable bonds is 6. The third kappa shape index (κ3) is 4.84. The standard InChI is InChI=1S/C23H27N3O4S2/c1-24(15-18-8-4-2-5-9-18)22(27)16-26-20-14-19(10-11-21(20)31-17-23(26)28)32(29,30)25-12-6-3-7-13-25/h2,4-5,8-11,14H,3,6-7,12-13,15-17H2,1H3. The molecule has 7 nitrogen and oxygen atoms in total. The normalized spacial score (nSPS) is 17.2. The smallest absolute Gasteiger partial charge is 0.243 e. The summed E-state index contributed by atoms with van der Waals surface area (Å²) in [6.45, 7) is 1.34. The van der Waals surface area contributed by atoms with E-state index in [9.17, 15) is 18.0 Å². The summed E-state index contributed by atoms with van der Waals surface area (Å²) in [5, 5.41) is 0. The number of carbonyl (C=O) groups excluding carboxylic acids is 2. The van der Waals surface area contributed by atoms with Crippen LogP contribution in [0.3, 0.4) is 0 Å². The highest BCUT2D eigenvalue weighted by molar-refractivity contribution is 8.00. The Morgan fingerprint density at radius 2 is 1.78 bits per heavy atom. The van der Waals surface area contributed by atoms with E-state index in [2.05, 4.69) is 0 Å². The van der Waals surface area contributed by atoms with Crippen LogP contribution in [-0.4, -0.2) is 61.9 Å². The highest BCUT2D eigenvalue weighted by Crippen LogP contribution is 2.37. The van der Waals surface area contributed by atoms with Crippen molar-refractivity contribution < 1.29 is 18.0 Å². The summed E-state index contributed by atoms with van der Waals surface area (Å²) in [5.74, 6) is -0.179. The lowest BCUT2D eigenvalue weighted by atomic mass is 10.2. The molecule has 0 bridgehead atoms. The van der Waals surface area contributed by atoms with Crippen molar-refractivity contribution >= 4 is 39.3 Å². The Morgan fingerprint density at radius 1 is 1.06 bits per heavy atom. The molecule has 0 N–H and O–H groups in total. The Bertz CT molecular complexity index is 1100. The van der Waals surface area contributed by atoms with Gasteiger partial charge in [0.05, 0.1) is 16.3 Å². The Labute approximate surface area is 193 Å². The van der Waals surface area contributed by atoms with Crippen LogP contribution in [-0.2, 0) is 26.2 Å². The lowest BCUT2D eigenvalue weighted by molar-refractivity contribution is -0.130. The molecule has 2 heterocycles. The number of piperidine rings is 1.